The van der Waals surface area contributed by atoms with Crippen LogP contribution in [0, 0.1) is 18.6 Å². The highest BCUT2D eigenvalue weighted by atomic mass is 19.4. The predicted octanol–water partition coefficient (Wildman–Crippen LogP) is 5.23. The van der Waals surface area contributed by atoms with Gasteiger partial charge in [-0.15, -0.1) is 0 Å². The molecular formula is C33H34F5N5O6. The lowest BCUT2D eigenvalue weighted by atomic mass is 9.99. The molecule has 4 aromatic rings. The number of alkyl halides is 3. The standard InChI is InChI=1S/C33H34F5N5O6/c1-3-4-5-6-7-15-42(49-31(48)33(36,37)38)30(47)20-12-11-19(2)23(16-20)27-22-13-14-26(46)43(28-24(34)9-8-10-25(28)35)29(22)41-32(40-27)39-21(17-44)18-45/h8-14,16,21,44-45H,3-7,15,17-18H2,1-2H3,(H,39,40,41). The summed E-state index contributed by atoms with van der Waals surface area (Å²) in [6.07, 6.45) is -2.02. The predicted molar refractivity (Wildman–Crippen MR) is 169 cm³/mol. The topological polar surface area (TPSA) is 147 Å². The van der Waals surface area contributed by atoms with Crippen LogP contribution in [-0.2, 0) is 9.63 Å². The molecule has 0 radical (unpaired) electrons. The van der Waals surface area contributed by atoms with Crippen LogP contribution in [0.1, 0.15) is 54.9 Å². The second-order valence-corrected chi connectivity index (χ2v) is 11.1. The molecule has 11 nitrogen and oxygen atoms in total. The molecule has 0 fully saturated rings. The number of rotatable bonds is 13. The number of aryl methyl sites for hydroxylation is 1. The van der Waals surface area contributed by atoms with E-state index in [2.05, 4.69) is 20.1 Å². The fourth-order valence-electron chi connectivity index (χ4n) is 4.99. The molecule has 3 N–H and O–H groups in total. The third kappa shape index (κ3) is 8.56. The maximum Gasteiger partial charge on any atom is 0.493 e. The van der Waals surface area contributed by atoms with E-state index in [1.807, 2.05) is 6.92 Å². The summed E-state index contributed by atoms with van der Waals surface area (Å²) in [5.74, 6) is -6.08. The van der Waals surface area contributed by atoms with E-state index >= 15 is 8.78 Å². The van der Waals surface area contributed by atoms with Gasteiger partial charge in [-0.2, -0.15) is 23.2 Å². The van der Waals surface area contributed by atoms with E-state index in [1.54, 1.807) is 6.92 Å². The van der Waals surface area contributed by atoms with E-state index in [4.69, 9.17) is 0 Å². The average Bonchev–Trinajstić information content (AvgIpc) is 3.06. The van der Waals surface area contributed by atoms with Crippen LogP contribution in [0.25, 0.3) is 28.0 Å². The van der Waals surface area contributed by atoms with Gasteiger partial charge < -0.3 is 20.4 Å². The second-order valence-electron chi connectivity index (χ2n) is 11.1. The Labute approximate surface area is 276 Å². The van der Waals surface area contributed by atoms with Gasteiger partial charge in [0.05, 0.1) is 31.5 Å². The van der Waals surface area contributed by atoms with Gasteiger partial charge in [0, 0.05) is 22.6 Å². The quantitative estimate of drug-likeness (QED) is 0.0974. The van der Waals surface area contributed by atoms with Crippen molar-refractivity contribution in [1.29, 1.82) is 0 Å². The number of hydrogen-bond acceptors (Lipinski definition) is 9. The number of carbonyl (C=O) groups is 2. The number of amides is 1. The zero-order chi connectivity index (χ0) is 35.9. The third-order valence-corrected chi connectivity index (χ3v) is 7.54. The molecule has 0 saturated carbocycles. The summed E-state index contributed by atoms with van der Waals surface area (Å²) in [6, 6.07) is 8.38. The lowest BCUT2D eigenvalue weighted by Gasteiger charge is -2.22. The minimum atomic E-state index is -5.36. The zero-order valence-corrected chi connectivity index (χ0v) is 26.6. The number of aliphatic hydroxyl groups excluding tert-OH is 2. The number of pyridine rings is 1. The number of nitrogens with zero attached hydrogens (tertiary/aromatic N) is 4. The maximum absolute atomic E-state index is 15.0. The fourth-order valence-corrected chi connectivity index (χ4v) is 4.99. The van der Waals surface area contributed by atoms with Crippen LogP contribution in [-0.4, -0.2) is 73.7 Å². The van der Waals surface area contributed by atoms with Crippen LogP contribution in [0.5, 0.6) is 0 Å². The van der Waals surface area contributed by atoms with Crippen LogP contribution < -0.4 is 10.9 Å². The highest BCUT2D eigenvalue weighted by molar-refractivity contribution is 5.98. The molecule has 2 aromatic carbocycles. The van der Waals surface area contributed by atoms with Gasteiger partial charge in [-0.3, -0.25) is 14.2 Å². The van der Waals surface area contributed by atoms with Crippen molar-refractivity contribution in [2.24, 2.45) is 0 Å². The first-order chi connectivity index (χ1) is 23.3. The molecule has 0 saturated heterocycles. The first-order valence-electron chi connectivity index (χ1n) is 15.4. The summed E-state index contributed by atoms with van der Waals surface area (Å²) in [5, 5.41) is 22.4. The molecule has 0 aliphatic rings. The van der Waals surface area contributed by atoms with Crippen LogP contribution in [0.2, 0.25) is 0 Å². The van der Waals surface area contributed by atoms with Gasteiger partial charge in [0.1, 0.15) is 17.3 Å². The van der Waals surface area contributed by atoms with Crippen LogP contribution in [0.4, 0.5) is 27.9 Å². The van der Waals surface area contributed by atoms with Crippen LogP contribution in [0.15, 0.2) is 53.3 Å². The van der Waals surface area contributed by atoms with E-state index in [0.29, 0.717) is 21.6 Å². The minimum Gasteiger partial charge on any atom is -0.394 e. The first-order valence-corrected chi connectivity index (χ1v) is 15.4. The Morgan fingerprint density at radius 2 is 1.65 bits per heavy atom. The molecule has 0 bridgehead atoms. The number of halogens is 5. The number of hydrogen-bond donors (Lipinski definition) is 3. The number of anilines is 1. The van der Waals surface area contributed by atoms with Gasteiger partial charge in [-0.05, 0) is 49.2 Å². The number of nitrogens with one attached hydrogen (secondary N) is 1. The Bertz CT molecular complexity index is 1860. The zero-order valence-electron chi connectivity index (χ0n) is 26.6. The van der Waals surface area contributed by atoms with Crippen molar-refractivity contribution in [1.82, 2.24) is 19.6 Å². The smallest absolute Gasteiger partial charge is 0.394 e. The highest BCUT2D eigenvalue weighted by Gasteiger charge is 2.43. The molecule has 0 unspecified atom stereocenters. The van der Waals surface area contributed by atoms with E-state index in [-0.39, 0.29) is 46.8 Å². The number of hydroxylamine groups is 2. The van der Waals surface area contributed by atoms with E-state index < -0.39 is 60.2 Å². The average molecular weight is 692 g/mol. The van der Waals surface area contributed by atoms with Crippen molar-refractivity contribution in [3.8, 4) is 16.9 Å². The molecule has 0 atom stereocenters. The van der Waals surface area contributed by atoms with E-state index in [0.717, 1.165) is 43.5 Å². The van der Waals surface area contributed by atoms with Gasteiger partial charge in [0.2, 0.25) is 5.95 Å². The number of benzene rings is 2. The van der Waals surface area contributed by atoms with E-state index in [9.17, 15) is 37.8 Å². The third-order valence-electron chi connectivity index (χ3n) is 7.54. The number of aromatic nitrogens is 3. The summed E-state index contributed by atoms with van der Waals surface area (Å²) < 4.78 is 70.1. The van der Waals surface area contributed by atoms with Crippen molar-refractivity contribution in [2.75, 3.05) is 25.1 Å². The lowest BCUT2D eigenvalue weighted by molar-refractivity contribution is -0.228. The van der Waals surface area contributed by atoms with Gasteiger partial charge in [0.15, 0.2) is 5.65 Å². The Kier molecular flexibility index (Phi) is 12.0. The van der Waals surface area contributed by atoms with Crippen molar-refractivity contribution < 1.29 is 46.6 Å². The maximum atomic E-state index is 15.0. The summed E-state index contributed by atoms with van der Waals surface area (Å²) in [7, 11) is 0. The van der Waals surface area contributed by atoms with Crippen molar-refractivity contribution >= 4 is 28.9 Å². The normalized spacial score (nSPS) is 11.6. The molecule has 0 aliphatic carbocycles. The Hall–Kier alpha value is -4.96. The van der Waals surface area contributed by atoms with Gasteiger partial charge >= 0.3 is 12.1 Å². The Balaban J connectivity index is 1.90. The highest BCUT2D eigenvalue weighted by Crippen LogP contribution is 2.32. The molecule has 16 heteroatoms. The number of carbonyl (C=O) groups excluding carboxylic acids is 2. The molecular weight excluding hydrogens is 657 g/mol. The summed E-state index contributed by atoms with van der Waals surface area (Å²) >= 11 is 0. The van der Waals surface area contributed by atoms with Crippen molar-refractivity contribution in [3.05, 3.63) is 81.6 Å². The van der Waals surface area contributed by atoms with Crippen LogP contribution in [0.3, 0.4) is 0 Å². The van der Waals surface area contributed by atoms with Gasteiger partial charge in [0.25, 0.3) is 11.5 Å². The number of fused-ring (bicyclic) bond motifs is 1. The van der Waals surface area contributed by atoms with Crippen molar-refractivity contribution in [2.45, 2.75) is 58.2 Å². The summed E-state index contributed by atoms with van der Waals surface area (Å²) in [5.41, 5.74) is -1.42. The van der Waals surface area contributed by atoms with Crippen molar-refractivity contribution in [3.63, 3.8) is 0 Å². The van der Waals surface area contributed by atoms with Gasteiger partial charge in [-0.1, -0.05) is 44.7 Å². The molecule has 2 aromatic heterocycles. The summed E-state index contributed by atoms with van der Waals surface area (Å²) in [4.78, 5) is 51.7. The molecule has 262 valence electrons. The number of aliphatic hydroxyl groups is 2. The first kappa shape index (κ1) is 36.9. The molecule has 49 heavy (non-hydrogen) atoms. The largest absolute Gasteiger partial charge is 0.493 e. The monoisotopic (exact) mass is 691 g/mol. The van der Waals surface area contributed by atoms with E-state index in [1.165, 1.54) is 24.3 Å². The molecule has 1 amide bonds. The minimum absolute atomic E-state index is 0.0122. The second kappa shape index (κ2) is 16.0. The molecule has 4 rings (SSSR count). The molecule has 2 heterocycles. The Morgan fingerprint density at radius 1 is 0.980 bits per heavy atom. The molecule has 0 spiro atoms. The Morgan fingerprint density at radius 3 is 2.29 bits per heavy atom. The van der Waals surface area contributed by atoms with Gasteiger partial charge in [-0.25, -0.2) is 18.6 Å². The lowest BCUT2D eigenvalue weighted by Crippen LogP contribution is -2.39. The SMILES string of the molecule is CCCCCCCN(OC(=O)C(F)(F)F)C(=O)c1ccc(C)c(-c2nc(NC(CO)CO)nc3c2ccc(=O)n3-c2c(F)cccc2F)c1. The summed E-state index contributed by atoms with van der Waals surface area (Å²) in [6.45, 7) is 2.12. The number of unbranched alkanes of at least 4 members (excludes halogenated alkanes) is 4. The fraction of sp³-hybridized carbons (Fsp3) is 0.364. The number of para-hydroxylation sites is 1. The molecule has 0 aliphatic heterocycles. The van der Waals surface area contributed by atoms with Crippen LogP contribution >= 0.6 is 0 Å².